The van der Waals surface area contributed by atoms with Gasteiger partial charge in [-0.3, -0.25) is 9.59 Å². The van der Waals surface area contributed by atoms with Gasteiger partial charge in [0.05, 0.1) is 7.39 Å². The maximum Gasteiger partial charge on any atom is 0.306 e. The summed E-state index contributed by atoms with van der Waals surface area (Å²) >= 11 is 0. The second kappa shape index (κ2) is 4.95. The molecule has 5 nitrogen and oxygen atoms in total. The van der Waals surface area contributed by atoms with Gasteiger partial charge in [0.1, 0.15) is 5.60 Å². The minimum absolute atomic E-state index is 0.0970. The summed E-state index contributed by atoms with van der Waals surface area (Å²) in [7, 11) is 0. The SMILES string of the molecule is [2H][C@@](N)(CCC(=O)OC(C)(C)C)C(N)=O. The fraction of sp³-hybridized carbons (Fsp3) is 0.778. The zero-order chi connectivity index (χ0) is 12.3. The van der Waals surface area contributed by atoms with Crippen LogP contribution in [0.4, 0.5) is 0 Å². The van der Waals surface area contributed by atoms with Crippen molar-refractivity contribution in [1.82, 2.24) is 0 Å². The molecule has 0 aromatic carbocycles. The number of hydrogen-bond acceptors (Lipinski definition) is 4. The summed E-state index contributed by atoms with van der Waals surface area (Å²) in [6.45, 7) is 5.19. The van der Waals surface area contributed by atoms with Gasteiger partial charge in [0.15, 0.2) is 0 Å². The molecule has 0 spiro atoms. The lowest BCUT2D eigenvalue weighted by atomic mass is 10.1. The van der Waals surface area contributed by atoms with E-state index in [2.05, 4.69) is 0 Å². The van der Waals surface area contributed by atoms with Crippen molar-refractivity contribution in [2.24, 2.45) is 11.5 Å². The lowest BCUT2D eigenvalue weighted by Gasteiger charge is -2.19. The lowest BCUT2D eigenvalue weighted by Crippen LogP contribution is -2.37. The van der Waals surface area contributed by atoms with E-state index in [0.717, 1.165) is 0 Å². The van der Waals surface area contributed by atoms with E-state index in [4.69, 9.17) is 17.6 Å². The third-order valence-electron chi connectivity index (χ3n) is 1.33. The monoisotopic (exact) mass is 203 g/mol. The van der Waals surface area contributed by atoms with Crippen molar-refractivity contribution < 1.29 is 15.7 Å². The van der Waals surface area contributed by atoms with Gasteiger partial charge in [0, 0.05) is 6.42 Å². The number of nitrogens with two attached hydrogens (primary N) is 2. The van der Waals surface area contributed by atoms with E-state index < -0.39 is 23.5 Å². The Kier molecular flexibility index (Phi) is 3.88. The number of hydrogen-bond donors (Lipinski definition) is 2. The maximum atomic E-state index is 11.2. The summed E-state index contributed by atoms with van der Waals surface area (Å²) in [5, 5.41) is 0. The molecule has 0 heterocycles. The quantitative estimate of drug-likeness (QED) is 0.625. The van der Waals surface area contributed by atoms with Gasteiger partial charge < -0.3 is 16.2 Å². The van der Waals surface area contributed by atoms with Crippen LogP contribution in [-0.4, -0.2) is 23.5 Å². The number of ether oxygens (including phenoxy) is 1. The van der Waals surface area contributed by atoms with Gasteiger partial charge in [0.25, 0.3) is 0 Å². The molecule has 0 saturated heterocycles. The molecule has 1 atom stereocenters. The van der Waals surface area contributed by atoms with Crippen molar-refractivity contribution in [1.29, 1.82) is 0 Å². The van der Waals surface area contributed by atoms with Crippen LogP contribution in [-0.2, 0) is 14.3 Å². The van der Waals surface area contributed by atoms with E-state index in [1.165, 1.54) is 0 Å². The van der Waals surface area contributed by atoms with Crippen LogP contribution in [0, 0.1) is 0 Å². The van der Waals surface area contributed by atoms with Gasteiger partial charge >= 0.3 is 5.97 Å². The minimum atomic E-state index is -1.91. The fourth-order valence-corrected chi connectivity index (χ4v) is 0.752. The number of carbonyl (C=O) groups excluding carboxylic acids is 2. The number of rotatable bonds is 4. The van der Waals surface area contributed by atoms with Crippen LogP contribution in [0.1, 0.15) is 35.0 Å². The van der Waals surface area contributed by atoms with Crippen molar-refractivity contribution in [3.63, 3.8) is 0 Å². The molecule has 0 rings (SSSR count). The Hall–Kier alpha value is -1.10. The van der Waals surface area contributed by atoms with Crippen LogP contribution in [0.25, 0.3) is 0 Å². The Morgan fingerprint density at radius 2 is 2.00 bits per heavy atom. The second-order valence-electron chi connectivity index (χ2n) is 3.98. The predicted octanol–water partition coefficient (Wildman–Crippen LogP) is -0.0791. The van der Waals surface area contributed by atoms with E-state index in [0.29, 0.717) is 0 Å². The van der Waals surface area contributed by atoms with Crippen LogP contribution in [0.3, 0.4) is 0 Å². The first-order valence-corrected chi connectivity index (χ1v) is 4.35. The Morgan fingerprint density at radius 3 is 2.36 bits per heavy atom. The summed E-state index contributed by atoms with van der Waals surface area (Å²) < 4.78 is 12.3. The van der Waals surface area contributed by atoms with Gasteiger partial charge in [0.2, 0.25) is 5.91 Å². The molecule has 0 bridgehead atoms. The lowest BCUT2D eigenvalue weighted by molar-refractivity contribution is -0.155. The van der Waals surface area contributed by atoms with Gasteiger partial charge in [-0.2, -0.15) is 0 Å². The Balaban J connectivity index is 4.07. The van der Waals surface area contributed by atoms with E-state index >= 15 is 0 Å². The number of primary amides is 1. The van der Waals surface area contributed by atoms with Crippen molar-refractivity contribution in [3.8, 4) is 0 Å². The molecule has 0 unspecified atom stereocenters. The molecule has 0 fully saturated rings. The molecule has 0 radical (unpaired) electrons. The highest BCUT2D eigenvalue weighted by Gasteiger charge is 2.18. The Labute approximate surface area is 85.2 Å². The second-order valence-corrected chi connectivity index (χ2v) is 3.98. The highest BCUT2D eigenvalue weighted by Crippen LogP contribution is 2.09. The van der Waals surface area contributed by atoms with Crippen molar-refractivity contribution >= 4 is 11.9 Å². The summed E-state index contributed by atoms with van der Waals surface area (Å²) in [5.41, 5.74) is 9.56. The van der Waals surface area contributed by atoms with Crippen LogP contribution in [0.2, 0.25) is 0 Å². The highest BCUT2D eigenvalue weighted by atomic mass is 16.6. The van der Waals surface area contributed by atoms with Crippen LogP contribution < -0.4 is 11.5 Å². The van der Waals surface area contributed by atoms with Gasteiger partial charge in [-0.05, 0) is 27.2 Å². The summed E-state index contributed by atoms with van der Waals surface area (Å²) in [5.74, 6) is -1.45. The Morgan fingerprint density at radius 1 is 1.50 bits per heavy atom. The summed E-state index contributed by atoms with van der Waals surface area (Å²) in [6, 6.07) is -1.91. The van der Waals surface area contributed by atoms with Crippen molar-refractivity contribution in [3.05, 3.63) is 0 Å². The molecule has 1 amide bonds. The minimum Gasteiger partial charge on any atom is -0.460 e. The number of carbonyl (C=O) groups is 2. The normalized spacial score (nSPS) is 16.7. The van der Waals surface area contributed by atoms with E-state index in [1.807, 2.05) is 0 Å². The van der Waals surface area contributed by atoms with Crippen LogP contribution >= 0.6 is 0 Å². The summed E-state index contributed by atoms with van der Waals surface area (Å²) in [6.07, 6.45) is -0.239. The van der Waals surface area contributed by atoms with Gasteiger partial charge in [-0.15, -0.1) is 0 Å². The van der Waals surface area contributed by atoms with Crippen molar-refractivity contribution in [2.45, 2.75) is 45.2 Å². The standard InChI is InChI=1S/C9H18N2O3/c1-9(2,3)14-7(12)5-4-6(10)8(11)13/h6H,4-5,10H2,1-3H3,(H2,11,13)/t6-/m1/s1/i6D. The molecular weight excluding hydrogens is 184 g/mol. The average Bonchev–Trinajstić information content (AvgIpc) is 1.97. The fourth-order valence-electron chi connectivity index (χ4n) is 0.752. The average molecular weight is 203 g/mol. The first-order chi connectivity index (χ1) is 6.54. The molecule has 0 aromatic rings. The van der Waals surface area contributed by atoms with Crippen LogP contribution in [0.15, 0.2) is 0 Å². The topological polar surface area (TPSA) is 95.4 Å². The van der Waals surface area contributed by atoms with Crippen LogP contribution in [0.5, 0.6) is 0 Å². The maximum absolute atomic E-state index is 11.2. The number of amides is 1. The molecule has 0 aliphatic rings. The third-order valence-corrected chi connectivity index (χ3v) is 1.33. The third kappa shape index (κ3) is 6.42. The predicted molar refractivity (Wildman–Crippen MR) is 52.2 cm³/mol. The van der Waals surface area contributed by atoms with Crippen molar-refractivity contribution in [2.75, 3.05) is 0 Å². The first kappa shape index (κ1) is 11.0. The molecule has 0 aliphatic carbocycles. The molecule has 0 saturated carbocycles. The molecule has 14 heavy (non-hydrogen) atoms. The van der Waals surface area contributed by atoms with Gasteiger partial charge in [-0.1, -0.05) is 0 Å². The largest absolute Gasteiger partial charge is 0.460 e. The molecule has 5 heteroatoms. The Bertz CT molecular complexity index is 259. The molecule has 82 valence electrons. The molecule has 4 N–H and O–H groups in total. The molecule has 0 aromatic heterocycles. The zero-order valence-corrected chi connectivity index (χ0v) is 8.79. The van der Waals surface area contributed by atoms with E-state index in [9.17, 15) is 9.59 Å². The summed E-state index contributed by atoms with van der Waals surface area (Å²) in [4.78, 5) is 21.9. The number of esters is 1. The highest BCUT2D eigenvalue weighted by molar-refractivity contribution is 5.80. The van der Waals surface area contributed by atoms with Gasteiger partial charge in [-0.25, -0.2) is 0 Å². The van der Waals surface area contributed by atoms with E-state index in [1.54, 1.807) is 20.8 Å². The smallest absolute Gasteiger partial charge is 0.306 e. The first-order valence-electron chi connectivity index (χ1n) is 4.85. The molecule has 0 aliphatic heterocycles. The zero-order valence-electron chi connectivity index (χ0n) is 9.79. The van der Waals surface area contributed by atoms with E-state index in [-0.39, 0.29) is 12.8 Å². The molecular formula is C9H18N2O3.